The Bertz CT molecular complexity index is 532. The Labute approximate surface area is 125 Å². The van der Waals surface area contributed by atoms with Crippen molar-refractivity contribution in [1.29, 1.82) is 5.26 Å². The lowest BCUT2D eigenvalue weighted by atomic mass is 10.0. The third kappa shape index (κ3) is 2.91. The molecule has 1 aromatic rings. The first-order chi connectivity index (χ1) is 9.60. The molecule has 0 saturated carbocycles. The molecule has 2 rings (SSSR count). The summed E-state index contributed by atoms with van der Waals surface area (Å²) in [5.74, 6) is 0. The molecule has 0 aliphatic carbocycles. The third-order valence-electron chi connectivity index (χ3n) is 3.76. The largest absolute Gasteiger partial charge is 0.351 e. The van der Waals surface area contributed by atoms with Crippen LogP contribution in [-0.2, 0) is 6.54 Å². The Kier molecular flexibility index (Phi) is 4.57. The molecule has 1 aromatic carbocycles. The van der Waals surface area contributed by atoms with Crippen LogP contribution in [-0.4, -0.2) is 10.6 Å². The van der Waals surface area contributed by atoms with E-state index in [-0.39, 0.29) is 5.66 Å². The van der Waals surface area contributed by atoms with Crippen molar-refractivity contribution in [2.45, 2.75) is 45.3 Å². The summed E-state index contributed by atoms with van der Waals surface area (Å²) in [6.07, 6.45) is 3.17. The van der Waals surface area contributed by atoms with Crippen molar-refractivity contribution in [3.63, 3.8) is 0 Å². The molecule has 1 aliphatic heterocycles. The zero-order valence-electron chi connectivity index (χ0n) is 12.0. The second-order valence-corrected chi connectivity index (χ2v) is 5.73. The maximum Gasteiger partial charge on any atom is 0.153 e. The fourth-order valence-electron chi connectivity index (χ4n) is 2.58. The first-order valence-electron chi connectivity index (χ1n) is 7.00. The molecule has 1 heterocycles. The van der Waals surface area contributed by atoms with Gasteiger partial charge in [0, 0.05) is 6.54 Å². The van der Waals surface area contributed by atoms with E-state index in [1.165, 1.54) is 5.56 Å². The molecule has 0 spiro atoms. The summed E-state index contributed by atoms with van der Waals surface area (Å²) >= 11 is 6.21. The number of nitrogens with one attached hydrogen (secondary N) is 1. The van der Waals surface area contributed by atoms with Gasteiger partial charge >= 0.3 is 0 Å². The van der Waals surface area contributed by atoms with Crippen LogP contribution in [0, 0.1) is 11.3 Å². The predicted molar refractivity (Wildman–Crippen MR) is 81.5 cm³/mol. The highest BCUT2D eigenvalue weighted by Crippen LogP contribution is 2.34. The van der Waals surface area contributed by atoms with Gasteiger partial charge < -0.3 is 10.2 Å². The average Bonchev–Trinajstić information content (AvgIpc) is 2.69. The van der Waals surface area contributed by atoms with Crippen LogP contribution in [0.15, 0.2) is 41.2 Å². The van der Waals surface area contributed by atoms with Crippen molar-refractivity contribution in [2.75, 3.05) is 0 Å². The van der Waals surface area contributed by atoms with E-state index in [4.69, 9.17) is 11.6 Å². The predicted octanol–water partition coefficient (Wildman–Crippen LogP) is 3.93. The quantitative estimate of drug-likeness (QED) is 0.835. The topological polar surface area (TPSA) is 39.1 Å². The molecule has 1 unspecified atom stereocenters. The molecule has 0 saturated heterocycles. The highest BCUT2D eigenvalue weighted by Gasteiger charge is 2.40. The van der Waals surface area contributed by atoms with E-state index in [2.05, 4.69) is 42.3 Å². The van der Waals surface area contributed by atoms with Crippen LogP contribution in [0.2, 0.25) is 0 Å². The number of halogens is 1. The van der Waals surface area contributed by atoms with E-state index in [0.29, 0.717) is 17.4 Å². The normalized spacial score (nSPS) is 21.8. The van der Waals surface area contributed by atoms with Gasteiger partial charge in [-0.2, -0.15) is 5.26 Å². The van der Waals surface area contributed by atoms with Gasteiger partial charge in [-0.3, -0.25) is 0 Å². The van der Waals surface area contributed by atoms with Crippen LogP contribution in [0.3, 0.4) is 0 Å². The molecular weight excluding hydrogens is 270 g/mol. The molecule has 0 radical (unpaired) electrons. The molecule has 106 valence electrons. The second-order valence-electron chi connectivity index (χ2n) is 5.35. The number of benzene rings is 1. The second kappa shape index (κ2) is 6.19. The van der Waals surface area contributed by atoms with E-state index in [9.17, 15) is 5.26 Å². The number of allylic oxidation sites excluding steroid dienone is 1. The van der Waals surface area contributed by atoms with Gasteiger partial charge in [0.25, 0.3) is 0 Å². The van der Waals surface area contributed by atoms with E-state index < -0.39 is 0 Å². The highest BCUT2D eigenvalue weighted by atomic mass is 35.5. The van der Waals surface area contributed by atoms with Crippen LogP contribution in [0.25, 0.3) is 0 Å². The SMILES string of the molecule is CCCCC1(C)NC(Cl)=C(C#N)N1Cc1ccccc1. The van der Waals surface area contributed by atoms with Crippen molar-refractivity contribution in [1.82, 2.24) is 10.2 Å². The van der Waals surface area contributed by atoms with Crippen molar-refractivity contribution in [3.8, 4) is 6.07 Å². The lowest BCUT2D eigenvalue weighted by Gasteiger charge is -2.37. The van der Waals surface area contributed by atoms with Crippen molar-refractivity contribution in [3.05, 3.63) is 46.7 Å². The molecule has 1 aliphatic rings. The van der Waals surface area contributed by atoms with E-state index >= 15 is 0 Å². The lowest BCUT2D eigenvalue weighted by Crippen LogP contribution is -2.49. The highest BCUT2D eigenvalue weighted by molar-refractivity contribution is 6.30. The molecule has 0 bridgehead atoms. The Morgan fingerprint density at radius 3 is 2.65 bits per heavy atom. The standard InChI is InChI=1S/C16H20ClN3/c1-3-4-10-16(2)19-15(17)14(11-18)20(16)12-13-8-6-5-7-9-13/h5-9,19H,3-4,10,12H2,1-2H3. The van der Waals surface area contributed by atoms with Gasteiger partial charge in [-0.05, 0) is 25.3 Å². The molecule has 4 heteroatoms. The Morgan fingerprint density at radius 2 is 2.05 bits per heavy atom. The van der Waals surface area contributed by atoms with E-state index in [0.717, 1.165) is 19.3 Å². The molecule has 0 aromatic heterocycles. The molecule has 0 fully saturated rings. The van der Waals surface area contributed by atoms with Gasteiger partial charge in [0.2, 0.25) is 0 Å². The van der Waals surface area contributed by atoms with Crippen molar-refractivity contribution >= 4 is 11.6 Å². The van der Waals surface area contributed by atoms with Gasteiger partial charge in [-0.25, -0.2) is 0 Å². The number of nitriles is 1. The maximum absolute atomic E-state index is 9.37. The molecule has 3 nitrogen and oxygen atoms in total. The lowest BCUT2D eigenvalue weighted by molar-refractivity contribution is 0.132. The molecular formula is C16H20ClN3. The zero-order chi connectivity index (χ0) is 14.6. The monoisotopic (exact) mass is 289 g/mol. The van der Waals surface area contributed by atoms with Crippen LogP contribution < -0.4 is 5.32 Å². The number of rotatable bonds is 5. The summed E-state index contributed by atoms with van der Waals surface area (Å²) in [5, 5.41) is 13.1. The van der Waals surface area contributed by atoms with E-state index in [1.807, 2.05) is 18.2 Å². The minimum Gasteiger partial charge on any atom is -0.351 e. The van der Waals surface area contributed by atoms with Crippen LogP contribution in [0.1, 0.15) is 38.7 Å². The number of unbranched alkanes of at least 4 members (excludes halogenated alkanes) is 1. The number of hydrogen-bond acceptors (Lipinski definition) is 3. The fourth-order valence-corrected chi connectivity index (χ4v) is 2.92. The Balaban J connectivity index is 2.25. The zero-order valence-corrected chi connectivity index (χ0v) is 12.7. The smallest absolute Gasteiger partial charge is 0.153 e. The molecule has 1 N–H and O–H groups in total. The summed E-state index contributed by atoms with van der Waals surface area (Å²) in [5.41, 5.74) is 1.43. The third-order valence-corrected chi connectivity index (χ3v) is 4.03. The van der Waals surface area contributed by atoms with Gasteiger partial charge in [0.1, 0.15) is 16.9 Å². The van der Waals surface area contributed by atoms with Gasteiger partial charge in [-0.1, -0.05) is 55.3 Å². The first-order valence-corrected chi connectivity index (χ1v) is 7.38. The van der Waals surface area contributed by atoms with Crippen molar-refractivity contribution in [2.24, 2.45) is 0 Å². The summed E-state index contributed by atoms with van der Waals surface area (Å²) < 4.78 is 0. The number of hydrogen-bond donors (Lipinski definition) is 1. The Hall–Kier alpha value is -1.66. The van der Waals surface area contributed by atoms with Crippen LogP contribution >= 0.6 is 11.6 Å². The minimum atomic E-state index is -0.284. The fraction of sp³-hybridized carbons (Fsp3) is 0.438. The summed E-state index contributed by atoms with van der Waals surface area (Å²) in [7, 11) is 0. The van der Waals surface area contributed by atoms with Gasteiger partial charge in [0.15, 0.2) is 5.70 Å². The van der Waals surface area contributed by atoms with Crippen LogP contribution in [0.5, 0.6) is 0 Å². The van der Waals surface area contributed by atoms with Crippen molar-refractivity contribution < 1.29 is 0 Å². The molecule has 20 heavy (non-hydrogen) atoms. The number of nitrogens with zero attached hydrogens (tertiary/aromatic N) is 2. The summed E-state index contributed by atoms with van der Waals surface area (Å²) in [4.78, 5) is 2.08. The minimum absolute atomic E-state index is 0.284. The Morgan fingerprint density at radius 1 is 1.35 bits per heavy atom. The molecule has 1 atom stereocenters. The van der Waals surface area contributed by atoms with Gasteiger partial charge in [-0.15, -0.1) is 0 Å². The maximum atomic E-state index is 9.37. The summed E-state index contributed by atoms with van der Waals surface area (Å²) in [6.45, 7) is 4.96. The molecule has 0 amide bonds. The first kappa shape index (κ1) is 14.7. The summed E-state index contributed by atoms with van der Waals surface area (Å²) in [6, 6.07) is 12.4. The van der Waals surface area contributed by atoms with Crippen LogP contribution in [0.4, 0.5) is 0 Å². The van der Waals surface area contributed by atoms with E-state index in [1.54, 1.807) is 0 Å². The average molecular weight is 290 g/mol. The van der Waals surface area contributed by atoms with Gasteiger partial charge in [0.05, 0.1) is 0 Å².